The van der Waals surface area contributed by atoms with Crippen molar-refractivity contribution in [3.63, 3.8) is 0 Å². The molecule has 4 nitrogen and oxygen atoms in total. The second kappa shape index (κ2) is 7.16. The first-order chi connectivity index (χ1) is 9.06. The van der Waals surface area contributed by atoms with Gasteiger partial charge in [0.2, 0.25) is 0 Å². The molecule has 1 aromatic rings. The van der Waals surface area contributed by atoms with Crippen LogP contribution in [0.1, 0.15) is 18.9 Å². The molecule has 0 saturated heterocycles. The zero-order valence-corrected chi connectivity index (χ0v) is 10.9. The van der Waals surface area contributed by atoms with Gasteiger partial charge < -0.3 is 9.84 Å². The van der Waals surface area contributed by atoms with Gasteiger partial charge in [0.1, 0.15) is 0 Å². The summed E-state index contributed by atoms with van der Waals surface area (Å²) in [5.41, 5.74) is 0.710. The molecular weight excluding hydrogens is 244 g/mol. The van der Waals surface area contributed by atoms with Crippen molar-refractivity contribution < 1.29 is 19.4 Å². The average molecular weight is 260 g/mol. The van der Waals surface area contributed by atoms with Crippen molar-refractivity contribution >= 4 is 17.6 Å². The van der Waals surface area contributed by atoms with E-state index >= 15 is 0 Å². The highest BCUT2D eigenvalue weighted by atomic mass is 16.5. The minimum atomic E-state index is -0.268. The van der Waals surface area contributed by atoms with Crippen molar-refractivity contribution in [3.8, 4) is 11.5 Å². The Labute approximate surface area is 112 Å². The monoisotopic (exact) mass is 260 g/mol. The van der Waals surface area contributed by atoms with Gasteiger partial charge in [0, 0.05) is 0 Å². The number of phenols is 1. The van der Waals surface area contributed by atoms with Gasteiger partial charge in [-0.2, -0.15) is 0 Å². The van der Waals surface area contributed by atoms with Gasteiger partial charge in [-0.1, -0.05) is 18.2 Å². The quantitative estimate of drug-likeness (QED) is 0.630. The van der Waals surface area contributed by atoms with Crippen molar-refractivity contribution in [1.29, 1.82) is 0 Å². The number of carbonyl (C=O) groups is 2. The standard InChI is InChI=1S/C15H16O4/c1-3-4-12(16)10-13(17)7-5-11-6-8-14(18)15(9-11)19-2/h3-9,18H,10H2,1-2H3/b4-3+,7-5+. The Morgan fingerprint density at radius 2 is 1.95 bits per heavy atom. The second-order valence-corrected chi connectivity index (χ2v) is 3.87. The molecule has 0 saturated carbocycles. The first-order valence-electron chi connectivity index (χ1n) is 5.80. The lowest BCUT2D eigenvalue weighted by Crippen LogP contribution is -2.01. The summed E-state index contributed by atoms with van der Waals surface area (Å²) in [6.07, 6.45) is 5.75. The first kappa shape index (κ1) is 14.7. The molecule has 0 aliphatic heterocycles. The number of benzene rings is 1. The lowest BCUT2D eigenvalue weighted by Gasteiger charge is -2.03. The largest absolute Gasteiger partial charge is 0.504 e. The third kappa shape index (κ3) is 4.79. The van der Waals surface area contributed by atoms with Crippen molar-refractivity contribution in [2.45, 2.75) is 13.3 Å². The highest BCUT2D eigenvalue weighted by molar-refractivity contribution is 6.09. The van der Waals surface area contributed by atoms with Crippen LogP contribution in [-0.2, 0) is 9.59 Å². The van der Waals surface area contributed by atoms with Gasteiger partial charge in [-0.25, -0.2) is 0 Å². The molecule has 1 rings (SSSR count). The summed E-state index contributed by atoms with van der Waals surface area (Å²) in [5, 5.41) is 9.42. The summed E-state index contributed by atoms with van der Waals surface area (Å²) in [6, 6.07) is 4.73. The SMILES string of the molecule is C/C=C/C(=O)CC(=O)/C=C/c1ccc(O)c(OC)c1. The molecule has 1 aromatic carbocycles. The van der Waals surface area contributed by atoms with Crippen molar-refractivity contribution in [2.75, 3.05) is 7.11 Å². The molecule has 4 heteroatoms. The van der Waals surface area contributed by atoms with E-state index in [1.165, 1.54) is 25.3 Å². The van der Waals surface area contributed by atoms with E-state index in [1.54, 1.807) is 31.2 Å². The van der Waals surface area contributed by atoms with E-state index in [9.17, 15) is 14.7 Å². The van der Waals surface area contributed by atoms with E-state index in [0.29, 0.717) is 11.3 Å². The van der Waals surface area contributed by atoms with Crippen molar-refractivity contribution in [2.24, 2.45) is 0 Å². The lowest BCUT2D eigenvalue weighted by atomic mass is 10.1. The van der Waals surface area contributed by atoms with Crippen LogP contribution >= 0.6 is 0 Å². The third-order valence-electron chi connectivity index (χ3n) is 2.37. The number of methoxy groups -OCH3 is 1. The van der Waals surface area contributed by atoms with Crippen LogP contribution in [0.2, 0.25) is 0 Å². The van der Waals surface area contributed by atoms with Crippen LogP contribution in [0.4, 0.5) is 0 Å². The molecule has 0 heterocycles. The highest BCUT2D eigenvalue weighted by Crippen LogP contribution is 2.26. The molecule has 0 radical (unpaired) electrons. The molecule has 0 bridgehead atoms. The topological polar surface area (TPSA) is 63.6 Å². The number of ketones is 2. The highest BCUT2D eigenvalue weighted by Gasteiger charge is 2.04. The minimum absolute atomic E-state index is 0.0363. The normalized spacial score (nSPS) is 11.1. The number of ether oxygens (including phenoxy) is 1. The molecule has 1 N–H and O–H groups in total. The van der Waals surface area contributed by atoms with Gasteiger partial charge in [-0.3, -0.25) is 9.59 Å². The van der Waals surface area contributed by atoms with Crippen molar-refractivity contribution in [1.82, 2.24) is 0 Å². The molecule has 19 heavy (non-hydrogen) atoms. The number of aromatic hydroxyl groups is 1. The lowest BCUT2D eigenvalue weighted by molar-refractivity contribution is -0.121. The number of hydrogen-bond acceptors (Lipinski definition) is 4. The van der Waals surface area contributed by atoms with Gasteiger partial charge in [-0.15, -0.1) is 0 Å². The minimum Gasteiger partial charge on any atom is -0.504 e. The molecule has 0 aliphatic carbocycles. The van der Waals surface area contributed by atoms with Crippen LogP contribution in [0.15, 0.2) is 36.4 Å². The third-order valence-corrected chi connectivity index (χ3v) is 2.37. The molecule has 0 spiro atoms. The number of allylic oxidation sites excluding steroid dienone is 3. The number of rotatable bonds is 6. The predicted molar refractivity (Wildman–Crippen MR) is 73.1 cm³/mol. The number of phenolic OH excluding ortho intramolecular Hbond substituents is 1. The van der Waals surface area contributed by atoms with E-state index in [0.717, 1.165) is 0 Å². The maximum absolute atomic E-state index is 11.5. The van der Waals surface area contributed by atoms with E-state index in [1.807, 2.05) is 0 Å². The summed E-state index contributed by atoms with van der Waals surface area (Å²) in [5.74, 6) is -0.121. The Morgan fingerprint density at radius 3 is 2.58 bits per heavy atom. The van der Waals surface area contributed by atoms with Crippen LogP contribution in [0.3, 0.4) is 0 Å². The Balaban J connectivity index is 2.71. The van der Waals surface area contributed by atoms with E-state index in [4.69, 9.17) is 4.74 Å². The van der Waals surface area contributed by atoms with Gasteiger partial charge in [0.15, 0.2) is 23.1 Å². The summed E-state index contributed by atoms with van der Waals surface area (Å²) < 4.78 is 4.96. The van der Waals surface area contributed by atoms with Crippen molar-refractivity contribution in [3.05, 3.63) is 42.0 Å². The van der Waals surface area contributed by atoms with Gasteiger partial charge in [0.25, 0.3) is 0 Å². The Kier molecular flexibility index (Phi) is 5.54. The average Bonchev–Trinajstić information content (AvgIpc) is 2.38. The fourth-order valence-electron chi connectivity index (χ4n) is 1.46. The van der Waals surface area contributed by atoms with E-state index < -0.39 is 0 Å². The number of carbonyl (C=O) groups excluding carboxylic acids is 2. The van der Waals surface area contributed by atoms with Gasteiger partial charge >= 0.3 is 0 Å². The molecule has 0 fully saturated rings. The molecule has 100 valence electrons. The van der Waals surface area contributed by atoms with Crippen LogP contribution in [-0.4, -0.2) is 23.8 Å². The molecule has 0 aliphatic rings. The van der Waals surface area contributed by atoms with Crippen LogP contribution in [0.25, 0.3) is 6.08 Å². The molecule has 0 aromatic heterocycles. The Bertz CT molecular complexity index is 527. The summed E-state index contributed by atoms with van der Waals surface area (Å²) in [4.78, 5) is 22.7. The molecule has 0 unspecified atom stereocenters. The molecule has 0 amide bonds. The fraction of sp³-hybridized carbons (Fsp3) is 0.200. The van der Waals surface area contributed by atoms with Crippen LogP contribution < -0.4 is 4.74 Å². The molecule has 0 atom stereocenters. The van der Waals surface area contributed by atoms with E-state index in [-0.39, 0.29) is 23.7 Å². The summed E-state index contributed by atoms with van der Waals surface area (Å²) >= 11 is 0. The van der Waals surface area contributed by atoms with Crippen LogP contribution in [0, 0.1) is 0 Å². The fourth-order valence-corrected chi connectivity index (χ4v) is 1.46. The van der Waals surface area contributed by atoms with E-state index in [2.05, 4.69) is 0 Å². The van der Waals surface area contributed by atoms with Gasteiger partial charge in [-0.05, 0) is 36.8 Å². The van der Waals surface area contributed by atoms with Crippen LogP contribution in [0.5, 0.6) is 11.5 Å². The number of hydrogen-bond donors (Lipinski definition) is 1. The second-order valence-electron chi connectivity index (χ2n) is 3.87. The predicted octanol–water partition coefficient (Wildman–Crippen LogP) is 2.52. The Morgan fingerprint density at radius 1 is 1.26 bits per heavy atom. The zero-order valence-electron chi connectivity index (χ0n) is 10.9. The first-order valence-corrected chi connectivity index (χ1v) is 5.80. The summed E-state index contributed by atoms with van der Waals surface area (Å²) in [7, 11) is 1.45. The summed E-state index contributed by atoms with van der Waals surface area (Å²) in [6.45, 7) is 1.72. The molecular formula is C15H16O4. The smallest absolute Gasteiger partial charge is 0.163 e. The Hall–Kier alpha value is -2.36. The maximum atomic E-state index is 11.5. The zero-order chi connectivity index (χ0) is 14.3. The van der Waals surface area contributed by atoms with Gasteiger partial charge in [0.05, 0.1) is 13.5 Å². The maximum Gasteiger partial charge on any atom is 0.163 e.